The fourth-order valence-electron chi connectivity index (χ4n) is 3.02. The lowest BCUT2D eigenvalue weighted by Gasteiger charge is -2.08. The number of carbonyl (C=O) groups excluding carboxylic acids is 1. The maximum Gasteiger partial charge on any atom is 0.226 e. The summed E-state index contributed by atoms with van der Waals surface area (Å²) < 4.78 is 2.05. The summed E-state index contributed by atoms with van der Waals surface area (Å²) in [5.74, 6) is 0.510. The maximum atomic E-state index is 12.4. The van der Waals surface area contributed by atoms with E-state index < -0.39 is 0 Å². The van der Waals surface area contributed by atoms with Crippen molar-refractivity contribution in [2.75, 3.05) is 5.32 Å². The van der Waals surface area contributed by atoms with E-state index in [2.05, 4.69) is 41.2 Å². The number of hydrogen-bond donors (Lipinski definition) is 1. The zero-order valence-electron chi connectivity index (χ0n) is 16.2. The molecular formula is C20H25N5OS. The van der Waals surface area contributed by atoms with Gasteiger partial charge < -0.3 is 5.32 Å². The highest BCUT2D eigenvalue weighted by Crippen LogP contribution is 2.24. The number of nitrogens with zero attached hydrogens (tertiary/aromatic N) is 4. The van der Waals surface area contributed by atoms with Crippen LogP contribution in [0, 0.1) is 19.8 Å². The van der Waals surface area contributed by atoms with E-state index in [0.717, 1.165) is 29.2 Å². The standard InChI is InChI=1S/C20H25N5OS/c1-13(2)11-25-15(4)17(14(3)24-25)7-8-19(26)23-20-22-18(12-27-20)16-6-5-9-21-10-16/h5-6,9-10,12-13H,7-8,11H2,1-4H3,(H,22,23,26). The number of pyridine rings is 1. The molecule has 142 valence electrons. The van der Waals surface area contributed by atoms with Gasteiger partial charge >= 0.3 is 0 Å². The van der Waals surface area contributed by atoms with E-state index >= 15 is 0 Å². The zero-order chi connectivity index (χ0) is 19.4. The molecule has 1 amide bonds. The molecule has 0 saturated heterocycles. The first-order valence-corrected chi connectivity index (χ1v) is 10.0. The first kappa shape index (κ1) is 19.2. The molecule has 0 aromatic carbocycles. The largest absolute Gasteiger partial charge is 0.302 e. The second-order valence-corrected chi connectivity index (χ2v) is 7.91. The third kappa shape index (κ3) is 4.80. The van der Waals surface area contributed by atoms with Crippen LogP contribution in [0.2, 0.25) is 0 Å². The Labute approximate surface area is 163 Å². The van der Waals surface area contributed by atoms with E-state index in [1.54, 1.807) is 12.4 Å². The zero-order valence-corrected chi connectivity index (χ0v) is 17.0. The fourth-order valence-corrected chi connectivity index (χ4v) is 3.75. The molecule has 3 aromatic heterocycles. The summed E-state index contributed by atoms with van der Waals surface area (Å²) in [6.07, 6.45) is 4.59. The van der Waals surface area contributed by atoms with Gasteiger partial charge in [-0.1, -0.05) is 13.8 Å². The summed E-state index contributed by atoms with van der Waals surface area (Å²) in [6.45, 7) is 9.35. The molecule has 0 atom stereocenters. The van der Waals surface area contributed by atoms with Gasteiger partial charge in [0.05, 0.1) is 11.4 Å². The lowest BCUT2D eigenvalue weighted by molar-refractivity contribution is -0.116. The van der Waals surface area contributed by atoms with E-state index in [9.17, 15) is 4.79 Å². The number of hydrogen-bond acceptors (Lipinski definition) is 5. The summed E-state index contributed by atoms with van der Waals surface area (Å²) in [7, 11) is 0. The van der Waals surface area contributed by atoms with Crippen LogP contribution < -0.4 is 5.32 Å². The second kappa shape index (κ2) is 8.43. The van der Waals surface area contributed by atoms with Crippen molar-refractivity contribution >= 4 is 22.4 Å². The van der Waals surface area contributed by atoms with Crippen LogP contribution in [-0.4, -0.2) is 25.7 Å². The number of anilines is 1. The lowest BCUT2D eigenvalue weighted by Crippen LogP contribution is -2.13. The minimum absolute atomic E-state index is 0.0301. The van der Waals surface area contributed by atoms with Crippen molar-refractivity contribution in [1.82, 2.24) is 19.7 Å². The monoisotopic (exact) mass is 383 g/mol. The average molecular weight is 384 g/mol. The highest BCUT2D eigenvalue weighted by molar-refractivity contribution is 7.14. The summed E-state index contributed by atoms with van der Waals surface area (Å²) in [5.41, 5.74) is 5.10. The van der Waals surface area contributed by atoms with Gasteiger partial charge in [-0.15, -0.1) is 11.3 Å². The molecule has 0 aliphatic rings. The lowest BCUT2D eigenvalue weighted by atomic mass is 10.1. The summed E-state index contributed by atoms with van der Waals surface area (Å²) in [5, 5.41) is 10.1. The summed E-state index contributed by atoms with van der Waals surface area (Å²) >= 11 is 1.42. The Balaban J connectivity index is 1.59. The number of nitrogens with one attached hydrogen (secondary N) is 1. The van der Waals surface area contributed by atoms with Gasteiger partial charge in [-0.05, 0) is 43.9 Å². The van der Waals surface area contributed by atoms with E-state index in [1.807, 2.05) is 29.1 Å². The van der Waals surface area contributed by atoms with Crippen molar-refractivity contribution < 1.29 is 4.79 Å². The molecule has 1 N–H and O–H groups in total. The third-order valence-corrected chi connectivity index (χ3v) is 5.14. The SMILES string of the molecule is Cc1nn(CC(C)C)c(C)c1CCC(=O)Nc1nc(-c2cccnc2)cs1. The molecule has 0 radical (unpaired) electrons. The van der Waals surface area contributed by atoms with Crippen molar-refractivity contribution in [3.05, 3.63) is 46.9 Å². The van der Waals surface area contributed by atoms with E-state index in [0.29, 0.717) is 23.9 Å². The molecule has 6 nitrogen and oxygen atoms in total. The predicted octanol–water partition coefficient (Wildman–Crippen LogP) is 4.25. The number of aryl methyl sites for hydroxylation is 1. The number of aromatic nitrogens is 4. The Morgan fingerprint density at radius 3 is 2.85 bits per heavy atom. The quantitative estimate of drug-likeness (QED) is 0.662. The summed E-state index contributed by atoms with van der Waals surface area (Å²) in [4.78, 5) is 20.9. The Morgan fingerprint density at radius 1 is 1.33 bits per heavy atom. The van der Waals surface area contributed by atoms with Gasteiger partial charge in [0.1, 0.15) is 0 Å². The molecule has 0 bridgehead atoms. The van der Waals surface area contributed by atoms with Crippen molar-refractivity contribution in [1.29, 1.82) is 0 Å². The molecule has 0 spiro atoms. The molecule has 0 saturated carbocycles. The highest BCUT2D eigenvalue weighted by Gasteiger charge is 2.14. The van der Waals surface area contributed by atoms with Crippen molar-refractivity contribution in [2.24, 2.45) is 5.92 Å². The van der Waals surface area contributed by atoms with Gasteiger partial charge in [-0.3, -0.25) is 14.5 Å². The topological polar surface area (TPSA) is 72.7 Å². The van der Waals surface area contributed by atoms with Crippen LogP contribution in [0.3, 0.4) is 0 Å². The third-order valence-electron chi connectivity index (χ3n) is 4.38. The molecule has 27 heavy (non-hydrogen) atoms. The normalized spacial score (nSPS) is 11.1. The Hall–Kier alpha value is -2.54. The highest BCUT2D eigenvalue weighted by atomic mass is 32.1. The molecule has 3 heterocycles. The maximum absolute atomic E-state index is 12.4. The predicted molar refractivity (Wildman–Crippen MR) is 109 cm³/mol. The van der Waals surface area contributed by atoms with Gasteiger partial charge in [0, 0.05) is 42.0 Å². The molecule has 3 aromatic rings. The van der Waals surface area contributed by atoms with E-state index in [4.69, 9.17) is 0 Å². The van der Waals surface area contributed by atoms with Crippen LogP contribution in [0.15, 0.2) is 29.9 Å². The smallest absolute Gasteiger partial charge is 0.226 e. The van der Waals surface area contributed by atoms with Crippen LogP contribution in [0.25, 0.3) is 11.3 Å². The van der Waals surface area contributed by atoms with Gasteiger partial charge in [-0.2, -0.15) is 5.10 Å². The molecular weight excluding hydrogens is 358 g/mol. The minimum atomic E-state index is -0.0301. The molecule has 7 heteroatoms. The van der Waals surface area contributed by atoms with Crippen LogP contribution in [0.5, 0.6) is 0 Å². The molecule has 3 rings (SSSR count). The first-order chi connectivity index (χ1) is 12.9. The van der Waals surface area contributed by atoms with Crippen molar-refractivity contribution in [3.63, 3.8) is 0 Å². The van der Waals surface area contributed by atoms with Crippen LogP contribution >= 0.6 is 11.3 Å². The molecule has 0 aliphatic heterocycles. The van der Waals surface area contributed by atoms with Gasteiger partial charge in [0.25, 0.3) is 0 Å². The van der Waals surface area contributed by atoms with Crippen molar-refractivity contribution in [2.45, 2.75) is 47.1 Å². The van der Waals surface area contributed by atoms with Gasteiger partial charge in [-0.25, -0.2) is 4.98 Å². The van der Waals surface area contributed by atoms with Gasteiger partial charge in [0.2, 0.25) is 5.91 Å². The molecule has 0 unspecified atom stereocenters. The molecule has 0 fully saturated rings. The average Bonchev–Trinajstić information content (AvgIpc) is 3.19. The minimum Gasteiger partial charge on any atom is -0.302 e. The van der Waals surface area contributed by atoms with Gasteiger partial charge in [0.15, 0.2) is 5.13 Å². The Bertz CT molecular complexity index is 914. The van der Waals surface area contributed by atoms with E-state index in [-0.39, 0.29) is 5.91 Å². The first-order valence-electron chi connectivity index (χ1n) is 9.12. The van der Waals surface area contributed by atoms with Crippen LogP contribution in [0.1, 0.15) is 37.2 Å². The fraction of sp³-hybridized carbons (Fsp3) is 0.400. The van der Waals surface area contributed by atoms with Crippen LogP contribution in [-0.2, 0) is 17.8 Å². The molecule has 0 aliphatic carbocycles. The van der Waals surface area contributed by atoms with Crippen LogP contribution in [0.4, 0.5) is 5.13 Å². The number of amides is 1. The second-order valence-electron chi connectivity index (χ2n) is 7.05. The number of thiazole rings is 1. The Kier molecular flexibility index (Phi) is 6.01. The van der Waals surface area contributed by atoms with E-state index in [1.165, 1.54) is 16.9 Å². The van der Waals surface area contributed by atoms with Crippen molar-refractivity contribution in [3.8, 4) is 11.3 Å². The Morgan fingerprint density at radius 2 is 2.15 bits per heavy atom. The number of rotatable bonds is 7. The number of carbonyl (C=O) groups is 1. The summed E-state index contributed by atoms with van der Waals surface area (Å²) in [6, 6.07) is 3.82.